The minimum atomic E-state index is -3.95. The Morgan fingerprint density at radius 2 is 1.74 bits per heavy atom. The lowest BCUT2D eigenvalue weighted by Crippen LogP contribution is -2.10. The number of nitrogen functional groups attached to an aromatic ring is 2. The van der Waals surface area contributed by atoms with Gasteiger partial charge < -0.3 is 15.7 Å². The number of halogens is 1. The first kappa shape index (κ1) is 13.5. The number of benzene rings is 2. The molecule has 19 heavy (non-hydrogen) atoms. The van der Waals surface area contributed by atoms with Gasteiger partial charge in [0.2, 0.25) is 0 Å². The van der Waals surface area contributed by atoms with Crippen LogP contribution in [0.25, 0.3) is 0 Å². The number of rotatable bonds is 3. The lowest BCUT2D eigenvalue weighted by molar-refractivity contribution is 0.486. The average molecular weight is 299 g/mol. The Morgan fingerprint density at radius 1 is 1.00 bits per heavy atom. The number of hydrogen-bond acceptors (Lipinski definition) is 5. The highest BCUT2D eigenvalue weighted by molar-refractivity contribution is 7.87. The maximum absolute atomic E-state index is 12.0. The summed E-state index contributed by atoms with van der Waals surface area (Å²) in [6, 6.07) is 10.0. The molecule has 2 aromatic carbocycles. The molecule has 0 aliphatic carbocycles. The third-order valence-corrected chi connectivity index (χ3v) is 3.83. The fourth-order valence-corrected chi connectivity index (χ4v) is 2.63. The van der Waals surface area contributed by atoms with Crippen molar-refractivity contribution in [1.82, 2.24) is 0 Å². The Bertz CT molecular complexity index is 717. The third-order valence-electron chi connectivity index (χ3n) is 2.35. The van der Waals surface area contributed by atoms with Gasteiger partial charge >= 0.3 is 10.1 Å². The summed E-state index contributed by atoms with van der Waals surface area (Å²) in [5.41, 5.74) is 11.7. The Balaban J connectivity index is 2.33. The summed E-state index contributed by atoms with van der Waals surface area (Å²) in [4.78, 5) is -0.0320. The Kier molecular flexibility index (Phi) is 3.55. The van der Waals surface area contributed by atoms with Crippen LogP contribution in [-0.2, 0) is 10.1 Å². The fraction of sp³-hybridized carbons (Fsp3) is 0. The summed E-state index contributed by atoms with van der Waals surface area (Å²) in [5.74, 6) is 0.0895. The van der Waals surface area contributed by atoms with Crippen LogP contribution in [-0.4, -0.2) is 8.42 Å². The van der Waals surface area contributed by atoms with Gasteiger partial charge in [-0.15, -0.1) is 0 Å². The molecule has 100 valence electrons. The zero-order valence-electron chi connectivity index (χ0n) is 9.71. The lowest BCUT2D eigenvalue weighted by atomic mass is 10.3. The van der Waals surface area contributed by atoms with Crippen LogP contribution < -0.4 is 15.7 Å². The van der Waals surface area contributed by atoms with Crippen molar-refractivity contribution in [3.8, 4) is 5.75 Å². The van der Waals surface area contributed by atoms with Gasteiger partial charge in [0.25, 0.3) is 0 Å². The summed E-state index contributed by atoms with van der Waals surface area (Å²) in [6.45, 7) is 0. The smallest absolute Gasteiger partial charge is 0.339 e. The van der Waals surface area contributed by atoms with Crippen molar-refractivity contribution in [3.63, 3.8) is 0 Å². The second-order valence-corrected chi connectivity index (χ2v) is 5.77. The molecule has 0 aliphatic rings. The van der Waals surface area contributed by atoms with Gasteiger partial charge in [-0.2, -0.15) is 8.42 Å². The van der Waals surface area contributed by atoms with Gasteiger partial charge in [0, 0.05) is 11.1 Å². The molecule has 0 saturated carbocycles. The minimum Gasteiger partial charge on any atom is -0.397 e. The first-order valence-electron chi connectivity index (χ1n) is 5.23. The molecule has 5 nitrogen and oxygen atoms in total. The van der Waals surface area contributed by atoms with Crippen LogP contribution in [0.1, 0.15) is 0 Å². The molecule has 0 atom stereocenters. The van der Waals surface area contributed by atoms with Crippen molar-refractivity contribution in [3.05, 3.63) is 47.5 Å². The van der Waals surface area contributed by atoms with E-state index in [1.807, 2.05) is 0 Å². The predicted molar refractivity (Wildman–Crippen MR) is 74.5 cm³/mol. The van der Waals surface area contributed by atoms with Crippen LogP contribution in [0.15, 0.2) is 47.4 Å². The molecule has 0 radical (unpaired) electrons. The van der Waals surface area contributed by atoms with Crippen LogP contribution >= 0.6 is 11.6 Å². The maximum atomic E-state index is 12.0. The first-order valence-corrected chi connectivity index (χ1v) is 7.02. The molecular weight excluding hydrogens is 288 g/mol. The van der Waals surface area contributed by atoms with Gasteiger partial charge in [0.1, 0.15) is 10.6 Å². The summed E-state index contributed by atoms with van der Waals surface area (Å²) in [7, 11) is -3.95. The summed E-state index contributed by atoms with van der Waals surface area (Å²) < 4.78 is 29.0. The van der Waals surface area contributed by atoms with E-state index in [2.05, 4.69) is 0 Å². The van der Waals surface area contributed by atoms with Gasteiger partial charge in [0.05, 0.1) is 11.4 Å². The van der Waals surface area contributed by atoms with Crippen molar-refractivity contribution in [2.24, 2.45) is 0 Å². The Morgan fingerprint density at radius 3 is 2.37 bits per heavy atom. The van der Waals surface area contributed by atoms with Crippen LogP contribution in [0.3, 0.4) is 0 Å². The van der Waals surface area contributed by atoms with Crippen molar-refractivity contribution in [2.45, 2.75) is 4.90 Å². The monoisotopic (exact) mass is 298 g/mol. The molecule has 0 saturated heterocycles. The standard InChI is InChI=1S/C12H11ClN2O3S/c13-8-2-1-3-10(6-8)19(16,17)18-9-4-5-11(14)12(15)7-9/h1-7H,14-15H2. The SMILES string of the molecule is Nc1ccc(OS(=O)(=O)c2cccc(Cl)c2)cc1N. The number of nitrogens with two attached hydrogens (primary N) is 2. The van der Waals surface area contributed by atoms with Gasteiger partial charge in [0.15, 0.2) is 0 Å². The second-order valence-electron chi connectivity index (χ2n) is 3.79. The van der Waals surface area contributed by atoms with Gasteiger partial charge in [-0.3, -0.25) is 0 Å². The molecule has 2 rings (SSSR count). The number of hydrogen-bond donors (Lipinski definition) is 2. The van der Waals surface area contributed by atoms with E-state index in [1.54, 1.807) is 6.07 Å². The largest absolute Gasteiger partial charge is 0.397 e. The van der Waals surface area contributed by atoms with Crippen LogP contribution in [0.4, 0.5) is 11.4 Å². The quantitative estimate of drug-likeness (QED) is 0.669. The van der Waals surface area contributed by atoms with E-state index >= 15 is 0 Å². The highest BCUT2D eigenvalue weighted by atomic mass is 35.5. The van der Waals surface area contributed by atoms with Crippen LogP contribution in [0, 0.1) is 0 Å². The Labute approximate surface area is 115 Å². The zero-order chi connectivity index (χ0) is 14.0. The molecule has 0 amide bonds. The van der Waals surface area contributed by atoms with Crippen LogP contribution in [0.2, 0.25) is 5.02 Å². The first-order chi connectivity index (χ1) is 8.88. The summed E-state index contributed by atoms with van der Waals surface area (Å²) in [5, 5.41) is 0.307. The Hall–Kier alpha value is -1.92. The van der Waals surface area contributed by atoms with E-state index in [0.29, 0.717) is 10.7 Å². The molecule has 7 heteroatoms. The van der Waals surface area contributed by atoms with E-state index in [1.165, 1.54) is 36.4 Å². The maximum Gasteiger partial charge on any atom is 0.339 e. The van der Waals surface area contributed by atoms with Crippen molar-refractivity contribution in [1.29, 1.82) is 0 Å². The van der Waals surface area contributed by atoms with Gasteiger partial charge in [-0.1, -0.05) is 17.7 Å². The van der Waals surface area contributed by atoms with E-state index in [9.17, 15) is 8.42 Å². The molecule has 0 aliphatic heterocycles. The summed E-state index contributed by atoms with van der Waals surface area (Å²) >= 11 is 5.74. The molecule has 0 spiro atoms. The zero-order valence-corrected chi connectivity index (χ0v) is 11.3. The summed E-state index contributed by atoms with van der Waals surface area (Å²) in [6.07, 6.45) is 0. The van der Waals surface area contributed by atoms with E-state index < -0.39 is 10.1 Å². The molecule has 0 aromatic heterocycles. The van der Waals surface area contributed by atoms with Crippen molar-refractivity contribution in [2.75, 3.05) is 11.5 Å². The van der Waals surface area contributed by atoms with Gasteiger partial charge in [-0.25, -0.2) is 0 Å². The van der Waals surface area contributed by atoms with E-state index in [4.69, 9.17) is 27.3 Å². The average Bonchev–Trinajstić information content (AvgIpc) is 2.33. The lowest BCUT2D eigenvalue weighted by Gasteiger charge is -2.08. The van der Waals surface area contributed by atoms with Crippen molar-refractivity contribution < 1.29 is 12.6 Å². The molecule has 4 N–H and O–H groups in total. The second kappa shape index (κ2) is 4.99. The molecule has 0 bridgehead atoms. The highest BCUT2D eigenvalue weighted by Crippen LogP contribution is 2.25. The van der Waals surface area contributed by atoms with Gasteiger partial charge in [-0.05, 0) is 30.3 Å². The molecule has 0 unspecified atom stereocenters. The van der Waals surface area contributed by atoms with E-state index in [0.717, 1.165) is 0 Å². The molecule has 0 fully saturated rings. The highest BCUT2D eigenvalue weighted by Gasteiger charge is 2.17. The molecule has 0 heterocycles. The predicted octanol–water partition coefficient (Wildman–Crippen LogP) is 2.27. The minimum absolute atomic E-state index is 0.0320. The molecular formula is C12H11ClN2O3S. The number of anilines is 2. The molecule has 2 aromatic rings. The fourth-order valence-electron chi connectivity index (χ4n) is 1.40. The third kappa shape index (κ3) is 3.10. The van der Waals surface area contributed by atoms with E-state index in [-0.39, 0.29) is 16.3 Å². The normalized spacial score (nSPS) is 11.2. The van der Waals surface area contributed by atoms with Crippen LogP contribution in [0.5, 0.6) is 5.75 Å². The van der Waals surface area contributed by atoms with Crippen molar-refractivity contribution >= 4 is 33.1 Å². The topological polar surface area (TPSA) is 95.4 Å².